The van der Waals surface area contributed by atoms with E-state index < -0.39 is 5.62 Å². The molecule has 6 heteroatoms. The lowest BCUT2D eigenvalue weighted by Crippen LogP contribution is -2.14. The molecule has 0 saturated heterocycles. The Labute approximate surface area is 120 Å². The van der Waals surface area contributed by atoms with Gasteiger partial charge in [-0.1, -0.05) is 44.5 Å². The van der Waals surface area contributed by atoms with Crippen molar-refractivity contribution < 1.29 is 4.52 Å². The molecule has 0 radical (unpaired) electrons. The SMILES string of the molecule is CCOP(=S)(NC=NC1CCCCC1)SC(C)C. The lowest BCUT2D eigenvalue weighted by molar-refractivity contribution is 0.383. The maximum absolute atomic E-state index is 5.72. The Morgan fingerprint density at radius 3 is 2.67 bits per heavy atom. The smallest absolute Gasteiger partial charge is 0.211 e. The molecule has 1 aliphatic rings. The fourth-order valence-corrected chi connectivity index (χ4v) is 7.78. The van der Waals surface area contributed by atoms with E-state index in [1.54, 1.807) is 11.4 Å². The van der Waals surface area contributed by atoms with E-state index in [1.807, 2.05) is 13.3 Å². The highest BCUT2D eigenvalue weighted by Gasteiger charge is 2.19. The van der Waals surface area contributed by atoms with Gasteiger partial charge in [-0.2, -0.15) is 0 Å². The molecule has 1 fully saturated rings. The third kappa shape index (κ3) is 6.55. The van der Waals surface area contributed by atoms with Crippen LogP contribution in [0, 0.1) is 0 Å². The summed E-state index contributed by atoms with van der Waals surface area (Å²) >= 11 is 7.31. The summed E-state index contributed by atoms with van der Waals surface area (Å²) in [6.45, 7) is 6.93. The molecule has 0 heterocycles. The minimum Gasteiger partial charge on any atom is -0.327 e. The Kier molecular flexibility index (Phi) is 7.85. The van der Waals surface area contributed by atoms with Crippen LogP contribution in [-0.2, 0) is 16.3 Å². The van der Waals surface area contributed by atoms with Gasteiger partial charge in [-0.15, -0.1) is 0 Å². The lowest BCUT2D eigenvalue weighted by atomic mass is 9.96. The molecule has 1 aliphatic carbocycles. The first-order valence-corrected chi connectivity index (χ1v) is 11.0. The van der Waals surface area contributed by atoms with Crippen molar-refractivity contribution in [2.24, 2.45) is 4.99 Å². The molecule has 0 aromatic rings. The standard InChI is InChI=1S/C12H25N2OPS2/c1-4-15-16(17,18-11(2)3)14-10-13-12-8-6-5-7-9-12/h10-12H,4-9H2,1-3H3,(H,13,14,17). The summed E-state index contributed by atoms with van der Waals surface area (Å²) in [5.41, 5.74) is -1.99. The third-order valence-corrected chi connectivity index (χ3v) is 8.59. The van der Waals surface area contributed by atoms with E-state index >= 15 is 0 Å². The van der Waals surface area contributed by atoms with Gasteiger partial charge in [-0.3, -0.25) is 4.99 Å². The van der Waals surface area contributed by atoms with Gasteiger partial charge in [0, 0.05) is 5.25 Å². The minimum atomic E-state index is -1.99. The molecule has 18 heavy (non-hydrogen) atoms. The van der Waals surface area contributed by atoms with E-state index in [-0.39, 0.29) is 0 Å². The number of hydrogen-bond donors (Lipinski definition) is 1. The van der Waals surface area contributed by atoms with Crippen LogP contribution in [0.3, 0.4) is 0 Å². The van der Waals surface area contributed by atoms with Crippen molar-refractivity contribution in [2.75, 3.05) is 6.61 Å². The Balaban J connectivity index is 2.45. The van der Waals surface area contributed by atoms with Crippen molar-refractivity contribution in [1.82, 2.24) is 5.09 Å². The largest absolute Gasteiger partial charge is 0.327 e. The van der Waals surface area contributed by atoms with Crippen LogP contribution in [0.1, 0.15) is 52.9 Å². The number of aliphatic imine (C=N–C) groups is 1. The highest BCUT2D eigenvalue weighted by atomic mass is 32.9. The molecule has 1 rings (SSSR count). The van der Waals surface area contributed by atoms with Crippen molar-refractivity contribution in [3.63, 3.8) is 0 Å². The summed E-state index contributed by atoms with van der Waals surface area (Å²) in [5, 5.41) is 3.72. The number of nitrogens with zero attached hydrogens (tertiary/aromatic N) is 1. The van der Waals surface area contributed by atoms with Gasteiger partial charge >= 0.3 is 0 Å². The molecule has 1 unspecified atom stereocenters. The third-order valence-electron chi connectivity index (χ3n) is 2.72. The van der Waals surface area contributed by atoms with Gasteiger partial charge < -0.3 is 9.61 Å². The second-order valence-corrected chi connectivity index (χ2v) is 11.8. The Morgan fingerprint density at radius 1 is 1.44 bits per heavy atom. The number of hydrogen-bond acceptors (Lipinski definition) is 4. The summed E-state index contributed by atoms with van der Waals surface area (Å²) < 4.78 is 5.72. The van der Waals surface area contributed by atoms with Crippen LogP contribution >= 0.6 is 17.0 Å². The van der Waals surface area contributed by atoms with E-state index in [0.717, 1.165) is 0 Å². The molecule has 0 aromatic heterocycles. The average Bonchev–Trinajstić information content (AvgIpc) is 2.29. The van der Waals surface area contributed by atoms with Crippen LogP contribution < -0.4 is 5.09 Å². The zero-order chi connectivity index (χ0) is 13.4. The number of rotatable bonds is 7. The van der Waals surface area contributed by atoms with Crippen molar-refractivity contribution >= 4 is 35.1 Å². The first-order valence-electron chi connectivity index (χ1n) is 6.78. The highest BCUT2D eigenvalue weighted by Crippen LogP contribution is 2.57. The van der Waals surface area contributed by atoms with Crippen molar-refractivity contribution in [3.05, 3.63) is 0 Å². The number of nitrogens with one attached hydrogen (secondary N) is 1. The highest BCUT2D eigenvalue weighted by molar-refractivity contribution is 8.69. The monoisotopic (exact) mass is 308 g/mol. The van der Waals surface area contributed by atoms with E-state index in [1.165, 1.54) is 32.1 Å². The molecular weight excluding hydrogens is 283 g/mol. The van der Waals surface area contributed by atoms with Crippen LogP contribution in [0.5, 0.6) is 0 Å². The summed E-state index contributed by atoms with van der Waals surface area (Å²) in [7, 11) is 0. The van der Waals surface area contributed by atoms with Gasteiger partial charge in [0.2, 0.25) is 5.62 Å². The van der Waals surface area contributed by atoms with Gasteiger partial charge in [0.25, 0.3) is 0 Å². The predicted molar refractivity (Wildman–Crippen MR) is 87.1 cm³/mol. The van der Waals surface area contributed by atoms with Crippen molar-refractivity contribution in [1.29, 1.82) is 0 Å². The normalized spacial score (nSPS) is 21.3. The van der Waals surface area contributed by atoms with Gasteiger partial charge in [0.15, 0.2) is 0 Å². The maximum atomic E-state index is 5.72. The Morgan fingerprint density at radius 2 is 2.11 bits per heavy atom. The summed E-state index contributed by atoms with van der Waals surface area (Å²) in [6.07, 6.45) is 8.21. The maximum Gasteiger partial charge on any atom is 0.211 e. The topological polar surface area (TPSA) is 33.6 Å². The molecule has 0 aromatic carbocycles. The van der Waals surface area contributed by atoms with Crippen LogP contribution in [0.2, 0.25) is 0 Å². The average molecular weight is 308 g/mol. The van der Waals surface area contributed by atoms with Crippen LogP contribution in [0.15, 0.2) is 4.99 Å². The first kappa shape index (κ1) is 16.5. The summed E-state index contributed by atoms with van der Waals surface area (Å²) in [4.78, 5) is 4.59. The lowest BCUT2D eigenvalue weighted by Gasteiger charge is -2.23. The van der Waals surface area contributed by atoms with E-state index in [4.69, 9.17) is 16.3 Å². The second kappa shape index (κ2) is 8.57. The molecule has 0 aliphatic heterocycles. The van der Waals surface area contributed by atoms with Gasteiger partial charge in [0.1, 0.15) is 0 Å². The van der Waals surface area contributed by atoms with Crippen LogP contribution in [0.25, 0.3) is 0 Å². The summed E-state index contributed by atoms with van der Waals surface area (Å²) in [5.74, 6) is 0. The van der Waals surface area contributed by atoms with Crippen molar-refractivity contribution in [3.8, 4) is 0 Å². The minimum absolute atomic E-state index is 0.470. The van der Waals surface area contributed by atoms with Crippen LogP contribution in [-0.4, -0.2) is 24.2 Å². The van der Waals surface area contributed by atoms with Crippen LogP contribution in [0.4, 0.5) is 0 Å². The quantitative estimate of drug-likeness (QED) is 0.431. The zero-order valence-corrected chi connectivity index (χ0v) is 14.1. The molecule has 1 saturated carbocycles. The fourth-order valence-electron chi connectivity index (χ4n) is 1.99. The van der Waals surface area contributed by atoms with Gasteiger partial charge in [-0.25, -0.2) is 0 Å². The van der Waals surface area contributed by atoms with E-state index in [9.17, 15) is 0 Å². The summed E-state index contributed by atoms with van der Waals surface area (Å²) in [6, 6.07) is 0.486. The molecule has 0 spiro atoms. The molecule has 1 atom stereocenters. The molecule has 0 bridgehead atoms. The van der Waals surface area contributed by atoms with E-state index in [2.05, 4.69) is 23.9 Å². The molecule has 106 valence electrons. The molecule has 1 N–H and O–H groups in total. The predicted octanol–water partition coefficient (Wildman–Crippen LogP) is 4.34. The molecular formula is C12H25N2OPS2. The first-order chi connectivity index (χ1) is 8.56. The van der Waals surface area contributed by atoms with E-state index in [0.29, 0.717) is 17.9 Å². The van der Waals surface area contributed by atoms with Gasteiger partial charge in [-0.05, 0) is 31.6 Å². The molecule has 0 amide bonds. The fraction of sp³-hybridized carbons (Fsp3) is 0.917. The van der Waals surface area contributed by atoms with Gasteiger partial charge in [0.05, 0.1) is 19.0 Å². The second-order valence-electron chi connectivity index (χ2n) is 4.77. The van der Waals surface area contributed by atoms with Crippen molar-refractivity contribution in [2.45, 2.75) is 64.2 Å². The zero-order valence-electron chi connectivity index (χ0n) is 11.6. The Hall–Kier alpha value is 0.430. The molecule has 3 nitrogen and oxygen atoms in total. The Bertz CT molecular complexity index is 304.